The summed E-state index contributed by atoms with van der Waals surface area (Å²) in [7, 11) is 0. The minimum absolute atomic E-state index is 0.105. The summed E-state index contributed by atoms with van der Waals surface area (Å²) in [5.41, 5.74) is -3.30. The van der Waals surface area contributed by atoms with E-state index in [2.05, 4.69) is 11.2 Å². The second-order valence-electron chi connectivity index (χ2n) is 3.88. The van der Waals surface area contributed by atoms with Crippen LogP contribution in [0, 0.1) is 12.3 Å². The third-order valence-electron chi connectivity index (χ3n) is 2.24. The molecule has 0 aromatic heterocycles. The van der Waals surface area contributed by atoms with E-state index in [9.17, 15) is 13.2 Å². The molecular formula is C13H14F3NS. The maximum absolute atomic E-state index is 12.1. The predicted molar refractivity (Wildman–Crippen MR) is 68.1 cm³/mol. The van der Waals surface area contributed by atoms with Gasteiger partial charge in [0, 0.05) is 23.9 Å². The standard InChI is InChI=1S/C13H14F3NS/c1-3-4-10(2)17-9-11-5-7-12(8-6-11)18-13(14,15)16/h1,5-8,10,17H,4,9H2,2H3. The Morgan fingerprint density at radius 2 is 1.94 bits per heavy atom. The molecule has 1 unspecified atom stereocenters. The summed E-state index contributed by atoms with van der Waals surface area (Å²) in [5, 5.41) is 3.20. The van der Waals surface area contributed by atoms with Crippen molar-refractivity contribution in [2.45, 2.75) is 36.3 Å². The lowest BCUT2D eigenvalue weighted by atomic mass is 10.2. The van der Waals surface area contributed by atoms with E-state index in [1.165, 1.54) is 12.1 Å². The third kappa shape index (κ3) is 5.99. The smallest absolute Gasteiger partial charge is 0.309 e. The third-order valence-corrected chi connectivity index (χ3v) is 2.97. The fourth-order valence-electron chi connectivity index (χ4n) is 1.35. The van der Waals surface area contributed by atoms with Gasteiger partial charge in [-0.1, -0.05) is 12.1 Å². The molecule has 18 heavy (non-hydrogen) atoms. The van der Waals surface area contributed by atoms with Crippen LogP contribution in [0.1, 0.15) is 18.9 Å². The highest BCUT2D eigenvalue weighted by molar-refractivity contribution is 8.00. The number of alkyl halides is 3. The van der Waals surface area contributed by atoms with E-state index in [1.54, 1.807) is 12.1 Å². The molecule has 0 aliphatic carbocycles. The van der Waals surface area contributed by atoms with Crippen LogP contribution in [0.3, 0.4) is 0 Å². The van der Waals surface area contributed by atoms with Crippen molar-refractivity contribution < 1.29 is 13.2 Å². The van der Waals surface area contributed by atoms with Crippen molar-refractivity contribution in [3.05, 3.63) is 29.8 Å². The molecule has 0 saturated carbocycles. The number of hydrogen-bond donors (Lipinski definition) is 1. The highest BCUT2D eigenvalue weighted by atomic mass is 32.2. The number of halogens is 3. The monoisotopic (exact) mass is 273 g/mol. The van der Waals surface area contributed by atoms with Crippen LogP contribution in [0.2, 0.25) is 0 Å². The number of terminal acetylenes is 1. The van der Waals surface area contributed by atoms with E-state index in [1.807, 2.05) is 6.92 Å². The maximum atomic E-state index is 12.1. The molecule has 0 spiro atoms. The van der Waals surface area contributed by atoms with Crippen molar-refractivity contribution in [3.8, 4) is 12.3 Å². The topological polar surface area (TPSA) is 12.0 Å². The van der Waals surface area contributed by atoms with Crippen molar-refractivity contribution >= 4 is 11.8 Å². The quantitative estimate of drug-likeness (QED) is 0.647. The molecular weight excluding hydrogens is 259 g/mol. The molecule has 0 aliphatic heterocycles. The van der Waals surface area contributed by atoms with Crippen LogP contribution in [0.5, 0.6) is 0 Å². The Balaban J connectivity index is 2.48. The Bertz CT molecular complexity index is 406. The van der Waals surface area contributed by atoms with Crippen molar-refractivity contribution in [2.75, 3.05) is 0 Å². The number of benzene rings is 1. The molecule has 0 aliphatic rings. The lowest BCUT2D eigenvalue weighted by Gasteiger charge is -2.11. The van der Waals surface area contributed by atoms with E-state index in [-0.39, 0.29) is 22.7 Å². The first-order valence-corrected chi connectivity index (χ1v) is 6.24. The molecule has 0 radical (unpaired) electrons. The van der Waals surface area contributed by atoms with Gasteiger partial charge in [-0.3, -0.25) is 0 Å². The van der Waals surface area contributed by atoms with Gasteiger partial charge in [-0.05, 0) is 36.4 Å². The van der Waals surface area contributed by atoms with Crippen LogP contribution in [0.25, 0.3) is 0 Å². The molecule has 0 amide bonds. The lowest BCUT2D eigenvalue weighted by Crippen LogP contribution is -2.24. The minimum atomic E-state index is -4.24. The van der Waals surface area contributed by atoms with E-state index < -0.39 is 5.51 Å². The second kappa shape index (κ2) is 6.72. The minimum Gasteiger partial charge on any atom is -0.309 e. The first kappa shape index (κ1) is 14.9. The first-order valence-electron chi connectivity index (χ1n) is 5.42. The van der Waals surface area contributed by atoms with Crippen LogP contribution in [-0.2, 0) is 6.54 Å². The Labute approximate surface area is 109 Å². The normalized spacial score (nSPS) is 13.1. The predicted octanol–water partition coefficient (Wildman–Crippen LogP) is 3.80. The van der Waals surface area contributed by atoms with Gasteiger partial charge >= 0.3 is 5.51 Å². The number of rotatable bonds is 5. The fraction of sp³-hybridized carbons (Fsp3) is 0.385. The van der Waals surface area contributed by atoms with E-state index >= 15 is 0 Å². The van der Waals surface area contributed by atoms with Gasteiger partial charge in [0.15, 0.2) is 0 Å². The summed E-state index contributed by atoms with van der Waals surface area (Å²) in [6.45, 7) is 2.56. The van der Waals surface area contributed by atoms with Crippen LogP contribution in [-0.4, -0.2) is 11.6 Å². The van der Waals surface area contributed by atoms with Crippen LogP contribution in [0.4, 0.5) is 13.2 Å². The molecule has 0 bridgehead atoms. The highest BCUT2D eigenvalue weighted by Gasteiger charge is 2.28. The number of thioether (sulfide) groups is 1. The van der Waals surface area contributed by atoms with Crippen LogP contribution in [0.15, 0.2) is 29.2 Å². The molecule has 0 heterocycles. The summed E-state index contributed by atoms with van der Waals surface area (Å²) in [6, 6.07) is 6.51. The van der Waals surface area contributed by atoms with Gasteiger partial charge in [-0.2, -0.15) is 13.2 Å². The molecule has 1 aromatic rings. The molecule has 1 aromatic carbocycles. The molecule has 98 valence electrons. The van der Waals surface area contributed by atoms with Gasteiger partial charge in [0.05, 0.1) is 0 Å². The summed E-state index contributed by atoms with van der Waals surface area (Å²) in [6.07, 6.45) is 5.80. The van der Waals surface area contributed by atoms with Gasteiger partial charge in [0.1, 0.15) is 0 Å². The zero-order chi connectivity index (χ0) is 13.6. The lowest BCUT2D eigenvalue weighted by molar-refractivity contribution is -0.0328. The summed E-state index contributed by atoms with van der Waals surface area (Å²) in [4.78, 5) is 0.197. The molecule has 1 N–H and O–H groups in total. The Morgan fingerprint density at radius 3 is 2.44 bits per heavy atom. The summed E-state index contributed by atoms with van der Waals surface area (Å²) >= 11 is -0.105. The summed E-state index contributed by atoms with van der Waals surface area (Å²) < 4.78 is 36.3. The average Bonchev–Trinajstić information content (AvgIpc) is 2.26. The zero-order valence-electron chi connectivity index (χ0n) is 9.92. The SMILES string of the molecule is C#CCC(C)NCc1ccc(SC(F)(F)F)cc1. The van der Waals surface area contributed by atoms with Gasteiger partial charge in [-0.15, -0.1) is 12.3 Å². The largest absolute Gasteiger partial charge is 0.446 e. The average molecular weight is 273 g/mol. The molecule has 0 saturated heterocycles. The van der Waals surface area contributed by atoms with Gasteiger partial charge in [0.2, 0.25) is 0 Å². The Morgan fingerprint density at radius 1 is 1.33 bits per heavy atom. The fourth-order valence-corrected chi connectivity index (χ4v) is 1.89. The molecule has 5 heteroatoms. The second-order valence-corrected chi connectivity index (χ2v) is 5.02. The van der Waals surface area contributed by atoms with Crippen molar-refractivity contribution in [3.63, 3.8) is 0 Å². The van der Waals surface area contributed by atoms with E-state index in [0.29, 0.717) is 13.0 Å². The van der Waals surface area contributed by atoms with Gasteiger partial charge in [0.25, 0.3) is 0 Å². The Kier molecular flexibility index (Phi) is 5.57. The van der Waals surface area contributed by atoms with Crippen molar-refractivity contribution in [2.24, 2.45) is 0 Å². The molecule has 1 atom stereocenters. The van der Waals surface area contributed by atoms with Crippen molar-refractivity contribution in [1.82, 2.24) is 5.32 Å². The van der Waals surface area contributed by atoms with Gasteiger partial charge in [-0.25, -0.2) is 0 Å². The number of nitrogens with one attached hydrogen (secondary N) is 1. The first-order chi connectivity index (χ1) is 8.40. The number of hydrogen-bond acceptors (Lipinski definition) is 2. The highest BCUT2D eigenvalue weighted by Crippen LogP contribution is 2.36. The van der Waals surface area contributed by atoms with E-state index in [4.69, 9.17) is 6.42 Å². The molecule has 0 fully saturated rings. The zero-order valence-corrected chi connectivity index (χ0v) is 10.7. The van der Waals surface area contributed by atoms with E-state index in [0.717, 1.165) is 5.56 Å². The molecule has 1 rings (SSSR count). The van der Waals surface area contributed by atoms with Crippen LogP contribution < -0.4 is 5.32 Å². The Hall–Kier alpha value is -1.12. The van der Waals surface area contributed by atoms with Crippen LogP contribution >= 0.6 is 11.8 Å². The van der Waals surface area contributed by atoms with Crippen molar-refractivity contribution in [1.29, 1.82) is 0 Å². The maximum Gasteiger partial charge on any atom is 0.446 e. The molecule has 1 nitrogen and oxygen atoms in total. The van der Waals surface area contributed by atoms with Gasteiger partial charge < -0.3 is 5.32 Å². The summed E-state index contributed by atoms with van der Waals surface area (Å²) in [5.74, 6) is 2.55.